The molecule has 6 heteroatoms. The number of nitrogens with zero attached hydrogens (tertiary/aromatic N) is 1. The Labute approximate surface area is 160 Å². The Balaban J connectivity index is 0.00000105. The number of halogens is 1. The number of allylic oxidation sites excluding steroid dienone is 1. The van der Waals surface area contributed by atoms with E-state index in [4.69, 9.17) is 16.7 Å². The average molecular weight is 376 g/mol. The van der Waals surface area contributed by atoms with Crippen LogP contribution in [0.1, 0.15) is 31.1 Å². The van der Waals surface area contributed by atoms with Crippen molar-refractivity contribution in [2.45, 2.75) is 26.8 Å². The Morgan fingerprint density at radius 3 is 2.50 bits per heavy atom. The summed E-state index contributed by atoms with van der Waals surface area (Å²) in [6.07, 6.45) is 3.36. The molecule has 0 bridgehead atoms. The largest absolute Gasteiger partial charge is 0.395 e. The number of hydrogen-bond acceptors (Lipinski definition) is 4. The van der Waals surface area contributed by atoms with E-state index in [1.165, 1.54) is 0 Å². The summed E-state index contributed by atoms with van der Waals surface area (Å²) in [5.41, 5.74) is 2.29. The second-order valence-corrected chi connectivity index (χ2v) is 6.22. The van der Waals surface area contributed by atoms with Crippen LogP contribution in [0.3, 0.4) is 0 Å². The predicted octanol–water partition coefficient (Wildman–Crippen LogP) is 4.14. The van der Waals surface area contributed by atoms with E-state index < -0.39 is 0 Å². The third-order valence-electron chi connectivity index (χ3n) is 3.15. The molecule has 3 N–H and O–H groups in total. The summed E-state index contributed by atoms with van der Waals surface area (Å²) in [6, 6.07) is 9.31. The number of rotatable bonds is 6. The van der Waals surface area contributed by atoms with Gasteiger partial charge in [0.1, 0.15) is 5.82 Å². The van der Waals surface area contributed by atoms with Crippen LogP contribution in [0.2, 0.25) is 5.02 Å². The highest BCUT2D eigenvalue weighted by molar-refractivity contribution is 6.33. The van der Waals surface area contributed by atoms with Crippen LogP contribution in [0.25, 0.3) is 11.1 Å². The number of carbonyl (C=O) groups is 1. The Morgan fingerprint density at radius 2 is 1.96 bits per heavy atom. The molecule has 0 saturated carbocycles. The fourth-order valence-corrected chi connectivity index (χ4v) is 2.32. The quantitative estimate of drug-likeness (QED) is 0.663. The van der Waals surface area contributed by atoms with Gasteiger partial charge in [-0.15, -0.1) is 6.58 Å². The summed E-state index contributed by atoms with van der Waals surface area (Å²) in [7, 11) is 0. The maximum atomic E-state index is 11.8. The molecule has 0 aliphatic carbocycles. The Bertz CT molecular complexity index is 715. The van der Waals surface area contributed by atoms with Gasteiger partial charge in [0.15, 0.2) is 0 Å². The Hall–Kier alpha value is -2.37. The number of aliphatic hydroxyl groups is 1. The molecule has 0 spiro atoms. The van der Waals surface area contributed by atoms with Crippen LogP contribution in [0.4, 0.5) is 5.82 Å². The van der Waals surface area contributed by atoms with E-state index in [1.54, 1.807) is 24.4 Å². The van der Waals surface area contributed by atoms with Crippen LogP contribution in [-0.2, 0) is 0 Å². The number of hydrogen-bond donors (Lipinski definition) is 3. The molecule has 1 amide bonds. The molecule has 5 nitrogen and oxygen atoms in total. The molecule has 0 unspecified atom stereocenters. The lowest BCUT2D eigenvalue weighted by Gasteiger charge is -2.12. The van der Waals surface area contributed by atoms with Gasteiger partial charge in [0, 0.05) is 29.9 Å². The molecule has 0 fully saturated rings. The van der Waals surface area contributed by atoms with E-state index in [0.717, 1.165) is 16.9 Å². The van der Waals surface area contributed by atoms with Crippen LogP contribution in [0, 0.1) is 0 Å². The summed E-state index contributed by atoms with van der Waals surface area (Å²) in [5, 5.41) is 15.1. The lowest BCUT2D eigenvalue weighted by molar-refractivity contribution is 0.0945. The number of aromatic nitrogens is 1. The molecule has 0 radical (unpaired) electrons. The molecule has 2 rings (SSSR count). The van der Waals surface area contributed by atoms with Gasteiger partial charge in [-0.25, -0.2) is 4.98 Å². The SMILES string of the molecule is C=CC.CC(C)Nc1cc(-c2ccc(C(=O)NCCO)cc2)c(Cl)cn1. The summed E-state index contributed by atoms with van der Waals surface area (Å²) in [6.45, 7) is 9.48. The molecule has 1 aromatic heterocycles. The standard InChI is InChI=1S/C17H20ClN3O2.C3H6/c1-11(2)21-16-9-14(15(18)10-20-16)12-3-5-13(6-4-12)17(23)19-7-8-22;1-3-2/h3-6,9-11,22H,7-8H2,1-2H3,(H,19,23)(H,20,21);3H,1H2,2H3. The zero-order chi connectivity index (χ0) is 19.5. The summed E-state index contributed by atoms with van der Waals surface area (Å²) in [5.74, 6) is 0.540. The monoisotopic (exact) mass is 375 g/mol. The highest BCUT2D eigenvalue weighted by Gasteiger charge is 2.09. The van der Waals surface area contributed by atoms with Crippen LogP contribution in [0.5, 0.6) is 0 Å². The first kappa shape index (κ1) is 21.7. The van der Waals surface area contributed by atoms with Crippen LogP contribution < -0.4 is 10.6 Å². The fourth-order valence-electron chi connectivity index (χ4n) is 2.11. The summed E-state index contributed by atoms with van der Waals surface area (Å²) in [4.78, 5) is 16.1. The predicted molar refractivity (Wildman–Crippen MR) is 109 cm³/mol. The third-order valence-corrected chi connectivity index (χ3v) is 3.45. The number of amides is 1. The maximum absolute atomic E-state index is 11.8. The average Bonchev–Trinajstić information content (AvgIpc) is 2.62. The van der Waals surface area contributed by atoms with Gasteiger partial charge >= 0.3 is 0 Å². The van der Waals surface area contributed by atoms with Crippen molar-refractivity contribution in [3.8, 4) is 11.1 Å². The molecule has 0 aliphatic rings. The second kappa shape index (κ2) is 11.3. The zero-order valence-corrected chi connectivity index (χ0v) is 16.2. The molecular formula is C20H26ClN3O2. The van der Waals surface area contributed by atoms with E-state index in [-0.39, 0.29) is 25.1 Å². The van der Waals surface area contributed by atoms with Crippen molar-refractivity contribution >= 4 is 23.3 Å². The molecule has 0 aliphatic heterocycles. The molecular weight excluding hydrogens is 350 g/mol. The van der Waals surface area contributed by atoms with E-state index in [9.17, 15) is 4.79 Å². The number of aliphatic hydroxyl groups excluding tert-OH is 1. The van der Waals surface area contributed by atoms with Crippen molar-refractivity contribution in [2.24, 2.45) is 0 Å². The lowest BCUT2D eigenvalue weighted by Crippen LogP contribution is -2.26. The minimum Gasteiger partial charge on any atom is -0.395 e. The first-order valence-corrected chi connectivity index (χ1v) is 8.79. The molecule has 140 valence electrons. The van der Waals surface area contributed by atoms with Gasteiger partial charge < -0.3 is 15.7 Å². The van der Waals surface area contributed by atoms with Crippen LogP contribution in [-0.4, -0.2) is 35.2 Å². The molecule has 26 heavy (non-hydrogen) atoms. The number of nitrogens with one attached hydrogen (secondary N) is 2. The van der Waals surface area contributed by atoms with Crippen molar-refractivity contribution in [2.75, 3.05) is 18.5 Å². The fraction of sp³-hybridized carbons (Fsp3) is 0.300. The van der Waals surface area contributed by atoms with Crippen molar-refractivity contribution in [1.29, 1.82) is 0 Å². The summed E-state index contributed by atoms with van der Waals surface area (Å²) < 4.78 is 0. The van der Waals surface area contributed by atoms with Crippen LogP contribution >= 0.6 is 11.6 Å². The Kier molecular flexibility index (Phi) is 9.41. The van der Waals surface area contributed by atoms with Gasteiger partial charge in [-0.05, 0) is 44.5 Å². The zero-order valence-electron chi connectivity index (χ0n) is 15.4. The first-order valence-electron chi connectivity index (χ1n) is 8.41. The minimum absolute atomic E-state index is 0.0813. The molecule has 0 atom stereocenters. The molecule has 2 aromatic rings. The highest BCUT2D eigenvalue weighted by Crippen LogP contribution is 2.29. The van der Waals surface area contributed by atoms with Gasteiger partial charge in [-0.3, -0.25) is 4.79 Å². The van der Waals surface area contributed by atoms with Gasteiger partial charge in [-0.2, -0.15) is 0 Å². The van der Waals surface area contributed by atoms with E-state index in [2.05, 4.69) is 22.2 Å². The number of carbonyl (C=O) groups excluding carboxylic acids is 1. The second-order valence-electron chi connectivity index (χ2n) is 5.81. The van der Waals surface area contributed by atoms with Crippen LogP contribution in [0.15, 0.2) is 49.2 Å². The highest BCUT2D eigenvalue weighted by atomic mass is 35.5. The van der Waals surface area contributed by atoms with Gasteiger partial charge in [0.25, 0.3) is 5.91 Å². The lowest BCUT2D eigenvalue weighted by atomic mass is 10.0. The molecule has 0 saturated heterocycles. The number of benzene rings is 1. The maximum Gasteiger partial charge on any atom is 0.251 e. The third kappa shape index (κ3) is 6.86. The smallest absolute Gasteiger partial charge is 0.251 e. The van der Waals surface area contributed by atoms with Crippen molar-refractivity contribution in [3.63, 3.8) is 0 Å². The number of pyridine rings is 1. The van der Waals surface area contributed by atoms with Gasteiger partial charge in [0.05, 0.1) is 11.6 Å². The van der Waals surface area contributed by atoms with Crippen molar-refractivity contribution < 1.29 is 9.90 Å². The number of anilines is 1. The first-order chi connectivity index (χ1) is 12.4. The van der Waals surface area contributed by atoms with E-state index >= 15 is 0 Å². The molecule has 1 heterocycles. The normalized spacial score (nSPS) is 9.92. The van der Waals surface area contributed by atoms with Gasteiger partial charge in [0.2, 0.25) is 0 Å². The van der Waals surface area contributed by atoms with Crippen molar-refractivity contribution in [3.05, 3.63) is 59.8 Å². The van der Waals surface area contributed by atoms with E-state index in [0.29, 0.717) is 10.6 Å². The Morgan fingerprint density at radius 1 is 1.35 bits per heavy atom. The van der Waals surface area contributed by atoms with E-state index in [1.807, 2.05) is 39.0 Å². The minimum atomic E-state index is -0.214. The molecule has 1 aromatic carbocycles. The van der Waals surface area contributed by atoms with Gasteiger partial charge in [-0.1, -0.05) is 29.8 Å². The van der Waals surface area contributed by atoms with Crippen molar-refractivity contribution in [1.82, 2.24) is 10.3 Å². The summed E-state index contributed by atoms with van der Waals surface area (Å²) >= 11 is 6.24. The topological polar surface area (TPSA) is 74.2 Å².